The van der Waals surface area contributed by atoms with Gasteiger partial charge in [-0.05, 0) is 36.4 Å². The van der Waals surface area contributed by atoms with E-state index in [2.05, 4.69) is 20.8 Å². The van der Waals surface area contributed by atoms with Crippen molar-refractivity contribution in [2.24, 2.45) is 7.05 Å². The van der Waals surface area contributed by atoms with E-state index in [0.29, 0.717) is 33.1 Å². The molecule has 1 aromatic heterocycles. The molecule has 3 aromatic rings. The van der Waals surface area contributed by atoms with E-state index >= 15 is 0 Å². The first-order valence-corrected chi connectivity index (χ1v) is 10.3. The predicted octanol–water partition coefficient (Wildman–Crippen LogP) is 3.39. The number of para-hydroxylation sites is 2. The molecule has 0 saturated heterocycles. The first-order chi connectivity index (χ1) is 14.5. The molecule has 0 radical (unpaired) electrons. The van der Waals surface area contributed by atoms with Crippen LogP contribution < -0.4 is 15.4 Å². The van der Waals surface area contributed by atoms with Crippen molar-refractivity contribution in [1.82, 2.24) is 14.8 Å². The van der Waals surface area contributed by atoms with Crippen molar-refractivity contribution < 1.29 is 14.3 Å². The number of methoxy groups -OCH3 is 1. The van der Waals surface area contributed by atoms with Gasteiger partial charge in [-0.1, -0.05) is 35.5 Å². The van der Waals surface area contributed by atoms with Crippen molar-refractivity contribution in [3.8, 4) is 5.75 Å². The quantitative estimate of drug-likeness (QED) is 0.516. The Kier molecular flexibility index (Phi) is 7.31. The Morgan fingerprint density at radius 1 is 1.07 bits per heavy atom. The summed E-state index contributed by atoms with van der Waals surface area (Å²) in [5, 5.41) is 14.9. The van der Waals surface area contributed by atoms with Gasteiger partial charge < -0.3 is 19.9 Å². The number of thioether (sulfide) groups is 1. The number of nitrogens with one attached hydrogen (secondary N) is 2. The molecule has 0 spiro atoms. The standard InChI is InChI=1S/C20H20ClN5O3S/c1-26-17(11-18(27)22-14-9-7-13(21)8-10-14)24-25-20(26)30-12-19(28)23-15-5-3-4-6-16(15)29-2/h3-10H,11-12H2,1-2H3,(H,22,27)(H,23,28). The van der Waals surface area contributed by atoms with E-state index < -0.39 is 0 Å². The van der Waals surface area contributed by atoms with Gasteiger partial charge >= 0.3 is 0 Å². The van der Waals surface area contributed by atoms with Crippen LogP contribution in [0.4, 0.5) is 11.4 Å². The highest BCUT2D eigenvalue weighted by Gasteiger charge is 2.15. The average molecular weight is 446 g/mol. The first kappa shape index (κ1) is 21.7. The van der Waals surface area contributed by atoms with Gasteiger partial charge in [-0.15, -0.1) is 10.2 Å². The van der Waals surface area contributed by atoms with Crippen LogP contribution in [0.1, 0.15) is 5.82 Å². The summed E-state index contributed by atoms with van der Waals surface area (Å²) < 4.78 is 6.92. The number of anilines is 2. The van der Waals surface area contributed by atoms with Crippen LogP contribution in [0.15, 0.2) is 53.7 Å². The fourth-order valence-electron chi connectivity index (χ4n) is 2.57. The van der Waals surface area contributed by atoms with Gasteiger partial charge in [0.15, 0.2) is 5.16 Å². The van der Waals surface area contributed by atoms with Gasteiger partial charge in [0.1, 0.15) is 11.6 Å². The van der Waals surface area contributed by atoms with Crippen LogP contribution in [0.5, 0.6) is 5.75 Å². The zero-order valence-electron chi connectivity index (χ0n) is 16.4. The highest BCUT2D eigenvalue weighted by Crippen LogP contribution is 2.24. The van der Waals surface area contributed by atoms with Crippen molar-refractivity contribution in [2.45, 2.75) is 11.6 Å². The molecule has 0 saturated carbocycles. The molecule has 1 heterocycles. The topological polar surface area (TPSA) is 98.1 Å². The third kappa shape index (κ3) is 5.74. The monoisotopic (exact) mass is 445 g/mol. The minimum atomic E-state index is -0.224. The first-order valence-electron chi connectivity index (χ1n) is 8.95. The molecule has 0 atom stereocenters. The summed E-state index contributed by atoms with van der Waals surface area (Å²) in [5.41, 5.74) is 1.25. The third-order valence-electron chi connectivity index (χ3n) is 4.09. The number of hydrogen-bond donors (Lipinski definition) is 2. The van der Waals surface area contributed by atoms with Crippen molar-refractivity contribution in [3.63, 3.8) is 0 Å². The number of carbonyl (C=O) groups is 2. The molecular formula is C20H20ClN5O3S. The number of benzene rings is 2. The Hall–Kier alpha value is -3.04. The van der Waals surface area contributed by atoms with Crippen LogP contribution >= 0.6 is 23.4 Å². The number of nitrogens with zero attached hydrogens (tertiary/aromatic N) is 3. The highest BCUT2D eigenvalue weighted by molar-refractivity contribution is 7.99. The van der Waals surface area contributed by atoms with Crippen LogP contribution in [0.25, 0.3) is 0 Å². The summed E-state index contributed by atoms with van der Waals surface area (Å²) >= 11 is 7.07. The maximum atomic E-state index is 12.3. The van der Waals surface area contributed by atoms with Gasteiger partial charge in [0.2, 0.25) is 11.8 Å². The molecule has 2 aromatic carbocycles. The van der Waals surface area contributed by atoms with E-state index in [4.69, 9.17) is 16.3 Å². The summed E-state index contributed by atoms with van der Waals surface area (Å²) in [4.78, 5) is 24.5. The van der Waals surface area contributed by atoms with Crippen LogP contribution in [0, 0.1) is 0 Å². The highest BCUT2D eigenvalue weighted by atomic mass is 35.5. The Bertz CT molecular complexity index is 1040. The molecule has 3 rings (SSSR count). The molecule has 30 heavy (non-hydrogen) atoms. The van der Waals surface area contributed by atoms with Crippen LogP contribution in [-0.2, 0) is 23.1 Å². The molecule has 2 N–H and O–H groups in total. The van der Waals surface area contributed by atoms with E-state index in [1.807, 2.05) is 12.1 Å². The van der Waals surface area contributed by atoms with Crippen molar-refractivity contribution in [1.29, 1.82) is 0 Å². The molecule has 156 valence electrons. The van der Waals surface area contributed by atoms with Gasteiger partial charge in [-0.2, -0.15) is 0 Å². The number of ether oxygens (including phenoxy) is 1. The average Bonchev–Trinajstić information content (AvgIpc) is 3.08. The number of hydrogen-bond acceptors (Lipinski definition) is 6. The molecule has 0 unspecified atom stereocenters. The minimum Gasteiger partial charge on any atom is -0.495 e. The Labute approximate surface area is 183 Å². The molecule has 0 aliphatic carbocycles. The lowest BCUT2D eigenvalue weighted by atomic mass is 10.3. The lowest BCUT2D eigenvalue weighted by Crippen LogP contribution is -2.17. The summed E-state index contributed by atoms with van der Waals surface area (Å²) in [6.45, 7) is 0. The van der Waals surface area contributed by atoms with Gasteiger partial charge in [0, 0.05) is 17.8 Å². The minimum absolute atomic E-state index is 0.0557. The zero-order chi connectivity index (χ0) is 21.5. The number of carbonyl (C=O) groups excluding carboxylic acids is 2. The van der Waals surface area contributed by atoms with Gasteiger partial charge in [-0.3, -0.25) is 9.59 Å². The molecule has 0 fully saturated rings. The maximum Gasteiger partial charge on any atom is 0.234 e. The second kappa shape index (κ2) is 10.1. The van der Waals surface area contributed by atoms with Gasteiger partial charge in [-0.25, -0.2) is 0 Å². The Morgan fingerprint density at radius 3 is 2.53 bits per heavy atom. The summed E-state index contributed by atoms with van der Waals surface area (Å²) in [6, 6.07) is 14.0. The second-order valence-corrected chi connectivity index (χ2v) is 7.61. The fraction of sp³-hybridized carbons (Fsp3) is 0.200. The smallest absolute Gasteiger partial charge is 0.234 e. The lowest BCUT2D eigenvalue weighted by Gasteiger charge is -2.09. The number of amides is 2. The van der Waals surface area contributed by atoms with E-state index in [-0.39, 0.29) is 24.0 Å². The molecule has 0 aliphatic heterocycles. The van der Waals surface area contributed by atoms with E-state index in [9.17, 15) is 9.59 Å². The lowest BCUT2D eigenvalue weighted by molar-refractivity contribution is -0.116. The van der Waals surface area contributed by atoms with E-state index in [0.717, 1.165) is 0 Å². The molecule has 0 bridgehead atoms. The van der Waals surface area contributed by atoms with Crippen molar-refractivity contribution >= 4 is 46.6 Å². The zero-order valence-corrected chi connectivity index (χ0v) is 18.0. The number of rotatable bonds is 8. The van der Waals surface area contributed by atoms with Gasteiger partial charge in [0.25, 0.3) is 0 Å². The van der Waals surface area contributed by atoms with Crippen LogP contribution in [-0.4, -0.2) is 39.4 Å². The Morgan fingerprint density at radius 2 is 1.80 bits per heavy atom. The van der Waals surface area contributed by atoms with Crippen LogP contribution in [0.3, 0.4) is 0 Å². The molecule has 0 aliphatic rings. The van der Waals surface area contributed by atoms with E-state index in [1.165, 1.54) is 11.8 Å². The summed E-state index contributed by atoms with van der Waals surface area (Å²) in [7, 11) is 3.30. The van der Waals surface area contributed by atoms with Crippen molar-refractivity contribution in [3.05, 3.63) is 59.4 Å². The largest absolute Gasteiger partial charge is 0.495 e. The van der Waals surface area contributed by atoms with Gasteiger partial charge in [0.05, 0.1) is 25.0 Å². The second-order valence-electron chi connectivity index (χ2n) is 6.23. The summed E-state index contributed by atoms with van der Waals surface area (Å²) in [5.74, 6) is 0.798. The fourth-order valence-corrected chi connectivity index (χ4v) is 3.43. The summed E-state index contributed by atoms with van der Waals surface area (Å²) in [6.07, 6.45) is 0.0557. The SMILES string of the molecule is COc1ccccc1NC(=O)CSc1nnc(CC(=O)Nc2ccc(Cl)cc2)n1C. The predicted molar refractivity (Wildman–Crippen MR) is 117 cm³/mol. The molecule has 10 heteroatoms. The molecule has 2 amide bonds. The maximum absolute atomic E-state index is 12.3. The Balaban J connectivity index is 1.54. The third-order valence-corrected chi connectivity index (χ3v) is 5.36. The normalized spacial score (nSPS) is 10.5. The number of halogens is 1. The number of aromatic nitrogens is 3. The van der Waals surface area contributed by atoms with E-state index in [1.54, 1.807) is 55.1 Å². The molecule has 8 nitrogen and oxygen atoms in total. The van der Waals surface area contributed by atoms with Crippen molar-refractivity contribution in [2.75, 3.05) is 23.5 Å². The van der Waals surface area contributed by atoms with Crippen LogP contribution in [0.2, 0.25) is 5.02 Å². The molecular weight excluding hydrogens is 426 g/mol.